The van der Waals surface area contributed by atoms with Crippen LogP contribution in [0.5, 0.6) is 0 Å². The molecule has 0 spiro atoms. The first-order chi connectivity index (χ1) is 17.9. The van der Waals surface area contributed by atoms with Crippen molar-refractivity contribution in [2.75, 3.05) is 32.7 Å². The second kappa shape index (κ2) is 10.8. The Kier molecular flexibility index (Phi) is 7.88. The molecule has 1 fully saturated rings. The summed E-state index contributed by atoms with van der Waals surface area (Å²) in [5, 5.41) is 0. The van der Waals surface area contributed by atoms with Gasteiger partial charge < -0.3 is 14.0 Å². The number of carbonyl (C=O) groups is 1. The standard InChI is InChI=1S/C29H35F3N4O2/c1-18(2)25-15-22(7-9-33-25)27-23(28(37)38-19(3)4)8-10-36-21(6)24(16-26(27)36)20(5)35-13-11-34(12-14-35)17-29(30,31)32/h7-10,15-16,18-19H,5,11-14,17H2,1-4,6H3. The number of fused-ring (bicyclic) bond motifs is 1. The highest BCUT2D eigenvalue weighted by molar-refractivity contribution is 6.02. The van der Waals surface area contributed by atoms with E-state index in [0.29, 0.717) is 31.7 Å². The number of ether oxygens (including phenoxy) is 1. The molecular formula is C29H35F3N4O2. The number of alkyl halides is 3. The van der Waals surface area contributed by atoms with E-state index in [0.717, 1.165) is 39.3 Å². The van der Waals surface area contributed by atoms with E-state index < -0.39 is 18.7 Å². The second-order valence-corrected chi connectivity index (χ2v) is 10.4. The molecule has 0 aliphatic carbocycles. The van der Waals surface area contributed by atoms with Crippen LogP contribution in [-0.2, 0) is 4.74 Å². The number of rotatable bonds is 7. The van der Waals surface area contributed by atoms with Gasteiger partial charge in [-0.15, -0.1) is 0 Å². The minimum atomic E-state index is -4.21. The van der Waals surface area contributed by atoms with Gasteiger partial charge in [0.15, 0.2) is 0 Å². The number of esters is 1. The quantitative estimate of drug-likeness (QED) is 0.345. The largest absolute Gasteiger partial charge is 0.459 e. The molecule has 4 heterocycles. The van der Waals surface area contributed by atoms with E-state index >= 15 is 0 Å². The summed E-state index contributed by atoms with van der Waals surface area (Å²) in [4.78, 5) is 21.1. The summed E-state index contributed by atoms with van der Waals surface area (Å²) in [6.07, 6.45) is -0.867. The van der Waals surface area contributed by atoms with E-state index in [2.05, 4.69) is 25.4 Å². The van der Waals surface area contributed by atoms with Crippen LogP contribution in [0.25, 0.3) is 22.3 Å². The smallest absolute Gasteiger partial charge is 0.401 e. The Morgan fingerprint density at radius 3 is 2.37 bits per heavy atom. The van der Waals surface area contributed by atoms with Crippen molar-refractivity contribution in [3.63, 3.8) is 0 Å². The Balaban J connectivity index is 1.75. The molecule has 1 aliphatic rings. The first-order valence-corrected chi connectivity index (χ1v) is 12.9. The average Bonchev–Trinajstić information content (AvgIpc) is 3.18. The molecule has 0 amide bonds. The Morgan fingerprint density at radius 2 is 1.76 bits per heavy atom. The van der Waals surface area contributed by atoms with Crippen LogP contribution in [-0.4, -0.2) is 70.2 Å². The van der Waals surface area contributed by atoms with Gasteiger partial charge in [-0.3, -0.25) is 9.88 Å². The molecule has 204 valence electrons. The minimum Gasteiger partial charge on any atom is -0.459 e. The zero-order valence-corrected chi connectivity index (χ0v) is 22.6. The summed E-state index contributed by atoms with van der Waals surface area (Å²) in [5.41, 5.74) is 6.40. The zero-order valence-electron chi connectivity index (χ0n) is 22.6. The molecule has 4 rings (SSSR count). The SMILES string of the molecule is C=C(c1cc2c(-c3ccnc(C(C)C)c3)c(C(=O)OC(C)C)ccn2c1C)N1CCN(CC(F)(F)F)CC1. The van der Waals surface area contributed by atoms with Gasteiger partial charge in [0.05, 0.1) is 23.7 Å². The van der Waals surface area contributed by atoms with Crippen LogP contribution in [0.1, 0.15) is 60.9 Å². The third-order valence-corrected chi connectivity index (χ3v) is 6.90. The van der Waals surface area contributed by atoms with Crippen LogP contribution in [0.3, 0.4) is 0 Å². The van der Waals surface area contributed by atoms with Gasteiger partial charge in [-0.1, -0.05) is 20.4 Å². The van der Waals surface area contributed by atoms with Gasteiger partial charge in [-0.2, -0.15) is 13.2 Å². The van der Waals surface area contributed by atoms with Crippen LogP contribution in [0, 0.1) is 6.92 Å². The highest BCUT2D eigenvalue weighted by Crippen LogP contribution is 2.35. The Labute approximate surface area is 221 Å². The van der Waals surface area contributed by atoms with E-state index in [1.807, 2.05) is 54.5 Å². The molecule has 0 atom stereocenters. The molecule has 0 radical (unpaired) electrons. The fourth-order valence-electron chi connectivity index (χ4n) is 4.94. The molecule has 3 aromatic heterocycles. The van der Waals surface area contributed by atoms with E-state index in [9.17, 15) is 18.0 Å². The Hall–Kier alpha value is -3.33. The topological polar surface area (TPSA) is 50.1 Å². The Bertz CT molecular complexity index is 1340. The van der Waals surface area contributed by atoms with Crippen LogP contribution in [0.2, 0.25) is 0 Å². The fourth-order valence-corrected chi connectivity index (χ4v) is 4.94. The number of aromatic nitrogens is 2. The van der Waals surface area contributed by atoms with Gasteiger partial charge in [0.2, 0.25) is 0 Å². The Morgan fingerprint density at radius 1 is 1.08 bits per heavy atom. The van der Waals surface area contributed by atoms with Gasteiger partial charge >= 0.3 is 12.1 Å². The summed E-state index contributed by atoms with van der Waals surface area (Å²) in [5.74, 6) is -0.193. The first-order valence-electron chi connectivity index (χ1n) is 12.9. The fraction of sp³-hybridized carbons (Fsp3) is 0.448. The summed E-state index contributed by atoms with van der Waals surface area (Å²) in [6.45, 7) is 14.7. The molecule has 9 heteroatoms. The van der Waals surface area contributed by atoms with E-state index in [-0.39, 0.29) is 12.0 Å². The lowest BCUT2D eigenvalue weighted by molar-refractivity contribution is -0.148. The van der Waals surface area contributed by atoms with E-state index in [1.165, 1.54) is 4.90 Å². The highest BCUT2D eigenvalue weighted by atomic mass is 19.4. The lowest BCUT2D eigenvalue weighted by Crippen LogP contribution is -2.48. The number of pyridine rings is 2. The molecule has 6 nitrogen and oxygen atoms in total. The zero-order chi connectivity index (χ0) is 27.8. The van der Waals surface area contributed by atoms with Crippen molar-refractivity contribution in [2.45, 2.75) is 52.8 Å². The van der Waals surface area contributed by atoms with Crippen LogP contribution in [0.15, 0.2) is 43.2 Å². The van der Waals surface area contributed by atoms with E-state index in [4.69, 9.17) is 4.74 Å². The number of carbonyl (C=O) groups excluding carboxylic acids is 1. The molecule has 38 heavy (non-hydrogen) atoms. The van der Waals surface area contributed by atoms with Crippen molar-refractivity contribution >= 4 is 17.2 Å². The third-order valence-electron chi connectivity index (χ3n) is 6.90. The number of aryl methyl sites for hydroxylation is 1. The predicted molar refractivity (Wildman–Crippen MR) is 143 cm³/mol. The normalized spacial score (nSPS) is 15.1. The molecule has 0 bridgehead atoms. The van der Waals surface area contributed by atoms with Crippen LogP contribution in [0.4, 0.5) is 13.2 Å². The molecule has 0 unspecified atom stereocenters. The van der Waals surface area contributed by atoms with Crippen LogP contribution >= 0.6 is 0 Å². The molecule has 1 aliphatic heterocycles. The number of piperazine rings is 1. The summed E-state index contributed by atoms with van der Waals surface area (Å²) in [7, 11) is 0. The number of halogens is 3. The third kappa shape index (κ3) is 5.88. The van der Waals surface area contributed by atoms with Crippen molar-refractivity contribution in [3.8, 4) is 11.1 Å². The second-order valence-electron chi connectivity index (χ2n) is 10.4. The van der Waals surface area contributed by atoms with Crippen molar-refractivity contribution < 1.29 is 22.7 Å². The van der Waals surface area contributed by atoms with Gasteiger partial charge in [0.25, 0.3) is 0 Å². The molecule has 0 saturated carbocycles. The molecule has 0 N–H and O–H groups in total. The number of hydrogen-bond donors (Lipinski definition) is 0. The van der Waals surface area contributed by atoms with Gasteiger partial charge in [0.1, 0.15) is 0 Å². The maximum Gasteiger partial charge on any atom is 0.401 e. The van der Waals surface area contributed by atoms with Crippen molar-refractivity contribution in [1.29, 1.82) is 0 Å². The average molecular weight is 529 g/mol. The van der Waals surface area contributed by atoms with Gasteiger partial charge in [0, 0.05) is 66.8 Å². The van der Waals surface area contributed by atoms with Crippen LogP contribution < -0.4 is 0 Å². The van der Waals surface area contributed by atoms with Crippen molar-refractivity contribution in [2.24, 2.45) is 0 Å². The maximum atomic E-state index is 13.2. The summed E-state index contributed by atoms with van der Waals surface area (Å²) >= 11 is 0. The van der Waals surface area contributed by atoms with Crippen molar-refractivity contribution in [3.05, 3.63) is 65.8 Å². The molecule has 0 aromatic carbocycles. The monoisotopic (exact) mass is 528 g/mol. The number of hydrogen-bond acceptors (Lipinski definition) is 5. The molecular weight excluding hydrogens is 493 g/mol. The summed E-state index contributed by atoms with van der Waals surface area (Å²) < 4.78 is 46.1. The van der Waals surface area contributed by atoms with Gasteiger partial charge in [-0.05, 0) is 56.5 Å². The lowest BCUT2D eigenvalue weighted by Gasteiger charge is -2.37. The first kappa shape index (κ1) is 27.7. The van der Waals surface area contributed by atoms with Crippen molar-refractivity contribution in [1.82, 2.24) is 19.2 Å². The van der Waals surface area contributed by atoms with E-state index in [1.54, 1.807) is 12.3 Å². The van der Waals surface area contributed by atoms with Gasteiger partial charge in [-0.25, -0.2) is 4.79 Å². The minimum absolute atomic E-state index is 0.209. The lowest BCUT2D eigenvalue weighted by atomic mass is 9.97. The maximum absolute atomic E-state index is 13.2. The predicted octanol–water partition coefficient (Wildman–Crippen LogP) is 6.15. The molecule has 1 saturated heterocycles. The number of nitrogens with zero attached hydrogens (tertiary/aromatic N) is 4. The highest BCUT2D eigenvalue weighted by Gasteiger charge is 2.32. The summed E-state index contributed by atoms with van der Waals surface area (Å²) in [6, 6.07) is 7.68. The molecule has 3 aromatic rings.